The summed E-state index contributed by atoms with van der Waals surface area (Å²) in [5.74, 6) is -0.210. The van der Waals surface area contributed by atoms with E-state index >= 15 is 0 Å². The highest BCUT2D eigenvalue weighted by atomic mass is 16.1. The minimum atomic E-state index is -0.210. The standard InChI is InChI=1S/C9H13N5O/c1-3-4-7(2)9(15)10-5-8-6-11-13-14-12-8/h3-4H,2,5-6H2,1H3,(H,10,15)(H,11,14)/b4-3-. The van der Waals surface area contributed by atoms with Crippen molar-refractivity contribution < 1.29 is 4.79 Å². The Kier molecular flexibility index (Phi) is 4.21. The Morgan fingerprint density at radius 3 is 3.13 bits per heavy atom. The lowest BCUT2D eigenvalue weighted by Crippen LogP contribution is -2.32. The molecule has 15 heavy (non-hydrogen) atoms. The van der Waals surface area contributed by atoms with Crippen molar-refractivity contribution in [2.24, 2.45) is 15.4 Å². The average Bonchev–Trinajstić information content (AvgIpc) is 2.27. The highest BCUT2D eigenvalue weighted by Crippen LogP contribution is 1.93. The van der Waals surface area contributed by atoms with Gasteiger partial charge in [0.15, 0.2) is 0 Å². The second kappa shape index (κ2) is 5.69. The van der Waals surface area contributed by atoms with Crippen LogP contribution in [0.25, 0.3) is 0 Å². The summed E-state index contributed by atoms with van der Waals surface area (Å²) < 4.78 is 0. The summed E-state index contributed by atoms with van der Waals surface area (Å²) in [6.07, 6.45) is 3.41. The Hall–Kier alpha value is -1.98. The van der Waals surface area contributed by atoms with E-state index in [1.807, 2.05) is 6.92 Å². The van der Waals surface area contributed by atoms with Gasteiger partial charge in [0.25, 0.3) is 5.91 Å². The smallest absolute Gasteiger partial charge is 0.250 e. The van der Waals surface area contributed by atoms with Crippen molar-refractivity contribution in [3.05, 3.63) is 24.3 Å². The van der Waals surface area contributed by atoms with Crippen LogP contribution < -0.4 is 10.9 Å². The van der Waals surface area contributed by atoms with Crippen molar-refractivity contribution in [3.63, 3.8) is 0 Å². The normalized spacial score (nSPS) is 14.6. The summed E-state index contributed by atoms with van der Waals surface area (Å²) in [5, 5.41) is 13.7. The predicted octanol–water partition coefficient (Wildman–Crippen LogP) is 0.561. The average molecular weight is 207 g/mol. The molecular formula is C9H13N5O. The molecule has 0 bridgehead atoms. The number of rotatable bonds is 4. The molecule has 1 aliphatic heterocycles. The van der Waals surface area contributed by atoms with E-state index in [4.69, 9.17) is 0 Å². The van der Waals surface area contributed by atoms with Crippen LogP contribution in [-0.4, -0.2) is 24.7 Å². The second-order valence-corrected chi connectivity index (χ2v) is 2.89. The Balaban J connectivity index is 2.33. The van der Waals surface area contributed by atoms with Gasteiger partial charge in [-0.25, -0.2) is 0 Å². The highest BCUT2D eigenvalue weighted by molar-refractivity contribution is 5.99. The fraction of sp³-hybridized carbons (Fsp3) is 0.333. The number of hydrogen-bond acceptors (Lipinski definition) is 5. The number of hydrogen-bond donors (Lipinski definition) is 2. The first-order valence-electron chi connectivity index (χ1n) is 4.50. The molecule has 0 atom stereocenters. The van der Waals surface area contributed by atoms with Gasteiger partial charge in [0.2, 0.25) is 0 Å². The van der Waals surface area contributed by atoms with Crippen LogP contribution in [0.5, 0.6) is 0 Å². The van der Waals surface area contributed by atoms with Crippen LogP contribution in [0.2, 0.25) is 0 Å². The molecule has 0 unspecified atom stereocenters. The minimum Gasteiger partial charge on any atom is -0.347 e. The van der Waals surface area contributed by atoms with E-state index < -0.39 is 0 Å². The van der Waals surface area contributed by atoms with Gasteiger partial charge < -0.3 is 5.32 Å². The van der Waals surface area contributed by atoms with Crippen molar-refractivity contribution in [2.45, 2.75) is 6.92 Å². The number of carbonyl (C=O) groups excluding carboxylic acids is 1. The van der Waals surface area contributed by atoms with Crippen LogP contribution in [0.3, 0.4) is 0 Å². The molecule has 0 aromatic rings. The lowest BCUT2D eigenvalue weighted by atomic mass is 10.2. The van der Waals surface area contributed by atoms with Crippen LogP contribution >= 0.6 is 0 Å². The summed E-state index contributed by atoms with van der Waals surface area (Å²) >= 11 is 0. The van der Waals surface area contributed by atoms with E-state index in [0.29, 0.717) is 18.7 Å². The van der Waals surface area contributed by atoms with Crippen molar-refractivity contribution in [2.75, 3.05) is 13.1 Å². The summed E-state index contributed by atoms with van der Waals surface area (Å²) in [4.78, 5) is 11.4. The van der Waals surface area contributed by atoms with Crippen LogP contribution in [-0.2, 0) is 4.79 Å². The van der Waals surface area contributed by atoms with Crippen LogP contribution in [0.4, 0.5) is 0 Å². The summed E-state index contributed by atoms with van der Waals surface area (Å²) in [6, 6.07) is 0. The van der Waals surface area contributed by atoms with Gasteiger partial charge in [-0.3, -0.25) is 4.79 Å². The first-order chi connectivity index (χ1) is 7.24. The Morgan fingerprint density at radius 1 is 1.73 bits per heavy atom. The molecule has 0 radical (unpaired) electrons. The first kappa shape index (κ1) is 11.1. The molecule has 0 aliphatic carbocycles. The molecule has 1 heterocycles. The molecule has 1 rings (SSSR count). The number of hydrazone groups is 1. The van der Waals surface area contributed by atoms with Gasteiger partial charge in [-0.2, -0.15) is 15.8 Å². The molecule has 80 valence electrons. The van der Waals surface area contributed by atoms with Crippen LogP contribution in [0.15, 0.2) is 39.7 Å². The molecular weight excluding hydrogens is 194 g/mol. The highest BCUT2D eigenvalue weighted by Gasteiger charge is 2.06. The van der Waals surface area contributed by atoms with Crippen molar-refractivity contribution in [3.8, 4) is 0 Å². The molecule has 0 aromatic heterocycles. The third-order valence-corrected chi connectivity index (χ3v) is 1.69. The number of amides is 1. The van der Waals surface area contributed by atoms with E-state index in [2.05, 4.69) is 32.9 Å². The number of allylic oxidation sites excluding steroid dienone is 1. The first-order valence-corrected chi connectivity index (χ1v) is 4.50. The minimum absolute atomic E-state index is 0.210. The van der Waals surface area contributed by atoms with Gasteiger partial charge >= 0.3 is 0 Å². The van der Waals surface area contributed by atoms with E-state index in [1.54, 1.807) is 12.2 Å². The summed E-state index contributed by atoms with van der Waals surface area (Å²) in [7, 11) is 0. The summed E-state index contributed by atoms with van der Waals surface area (Å²) in [5.41, 5.74) is 3.52. The zero-order valence-electron chi connectivity index (χ0n) is 8.53. The molecule has 2 N–H and O–H groups in total. The van der Waals surface area contributed by atoms with Crippen molar-refractivity contribution in [1.82, 2.24) is 10.9 Å². The monoisotopic (exact) mass is 207 g/mol. The van der Waals surface area contributed by atoms with E-state index in [-0.39, 0.29) is 5.91 Å². The quantitative estimate of drug-likeness (QED) is 0.522. The number of nitrogens with one attached hydrogen (secondary N) is 2. The van der Waals surface area contributed by atoms with Gasteiger partial charge in [-0.15, -0.1) is 0 Å². The zero-order valence-corrected chi connectivity index (χ0v) is 8.53. The van der Waals surface area contributed by atoms with Crippen molar-refractivity contribution >= 4 is 11.6 Å². The fourth-order valence-electron chi connectivity index (χ4n) is 0.945. The van der Waals surface area contributed by atoms with Crippen molar-refractivity contribution in [1.29, 1.82) is 0 Å². The molecule has 1 amide bonds. The zero-order chi connectivity index (χ0) is 11.1. The maximum atomic E-state index is 11.4. The predicted molar refractivity (Wildman–Crippen MR) is 57.3 cm³/mol. The van der Waals surface area contributed by atoms with Gasteiger partial charge in [-0.05, 0) is 6.92 Å². The van der Waals surface area contributed by atoms with Gasteiger partial charge in [0, 0.05) is 5.57 Å². The number of carbonyl (C=O) groups is 1. The van der Waals surface area contributed by atoms with E-state index in [1.165, 1.54) is 0 Å². The third kappa shape index (κ3) is 3.72. The Labute approximate surface area is 87.8 Å². The van der Waals surface area contributed by atoms with Gasteiger partial charge in [0.1, 0.15) is 6.54 Å². The lowest BCUT2D eigenvalue weighted by molar-refractivity contribution is -0.116. The third-order valence-electron chi connectivity index (χ3n) is 1.69. The molecule has 0 fully saturated rings. The largest absolute Gasteiger partial charge is 0.347 e. The molecule has 6 heteroatoms. The molecule has 0 spiro atoms. The maximum absolute atomic E-state index is 11.4. The second-order valence-electron chi connectivity index (χ2n) is 2.89. The maximum Gasteiger partial charge on any atom is 0.250 e. The molecule has 0 saturated heterocycles. The number of nitrogens with zero attached hydrogens (tertiary/aromatic N) is 3. The van der Waals surface area contributed by atoms with Gasteiger partial charge in [-0.1, -0.05) is 24.0 Å². The Morgan fingerprint density at radius 2 is 2.53 bits per heavy atom. The molecule has 6 nitrogen and oxygen atoms in total. The molecule has 0 aromatic carbocycles. The van der Waals surface area contributed by atoms with Crippen LogP contribution in [0.1, 0.15) is 6.92 Å². The fourth-order valence-corrected chi connectivity index (χ4v) is 0.945. The van der Waals surface area contributed by atoms with E-state index in [0.717, 1.165) is 5.71 Å². The van der Waals surface area contributed by atoms with Crippen LogP contribution in [0, 0.1) is 0 Å². The van der Waals surface area contributed by atoms with Gasteiger partial charge in [0.05, 0.1) is 12.3 Å². The molecule has 0 saturated carbocycles. The Bertz CT molecular complexity index is 342. The lowest BCUT2D eigenvalue weighted by Gasteiger charge is -2.07. The topological polar surface area (TPSA) is 78.2 Å². The molecule has 1 aliphatic rings. The van der Waals surface area contributed by atoms with E-state index in [9.17, 15) is 4.79 Å². The SMILES string of the molecule is C=C(/C=C\C)C(=O)NCC1=NNN=NC1. The summed E-state index contributed by atoms with van der Waals surface area (Å²) in [6.45, 7) is 6.19.